The highest BCUT2D eigenvalue weighted by Crippen LogP contribution is 2.37. The largest absolute Gasteiger partial charge is 0.433 e. The Morgan fingerprint density at radius 1 is 1.31 bits per heavy atom. The van der Waals surface area contributed by atoms with Crippen molar-refractivity contribution in [2.45, 2.75) is 31.9 Å². The zero-order chi connectivity index (χ0) is 12.4. The van der Waals surface area contributed by atoms with Crippen LogP contribution >= 0.6 is 0 Å². The number of aromatic nitrogens is 1. The van der Waals surface area contributed by atoms with E-state index >= 15 is 0 Å². The maximum Gasteiger partial charge on any atom is 0.433 e. The van der Waals surface area contributed by atoms with Gasteiger partial charge in [0.2, 0.25) is 0 Å². The minimum atomic E-state index is -4.41. The molecule has 0 aromatic carbocycles. The zero-order valence-electron chi connectivity index (χ0n) is 9.30. The zero-order valence-corrected chi connectivity index (χ0v) is 9.30. The third kappa shape index (κ3) is 2.72. The van der Waals surface area contributed by atoms with E-state index in [0.717, 1.165) is 6.20 Å². The molecule has 0 spiro atoms. The van der Waals surface area contributed by atoms with Crippen molar-refractivity contribution in [3.05, 3.63) is 29.6 Å². The molecule has 0 atom stereocenters. The van der Waals surface area contributed by atoms with E-state index in [2.05, 4.69) is 4.98 Å². The Bertz CT molecular complexity index is 358. The Morgan fingerprint density at radius 2 is 1.94 bits per heavy atom. The first-order chi connectivity index (χ1) is 7.29. The SMILES string of the molecule is CC(C)(CCN)c1cccnc1C(F)(F)F. The molecule has 0 bridgehead atoms. The number of pyridine rings is 1. The maximum absolute atomic E-state index is 12.7. The van der Waals surface area contributed by atoms with Gasteiger partial charge in [-0.05, 0) is 30.0 Å². The number of nitrogens with zero attached hydrogens (tertiary/aromatic N) is 1. The fourth-order valence-corrected chi connectivity index (χ4v) is 1.67. The highest BCUT2D eigenvalue weighted by molar-refractivity contribution is 5.29. The Morgan fingerprint density at radius 3 is 2.44 bits per heavy atom. The fraction of sp³-hybridized carbons (Fsp3) is 0.545. The summed E-state index contributed by atoms with van der Waals surface area (Å²) < 4.78 is 38.2. The van der Waals surface area contributed by atoms with E-state index in [1.807, 2.05) is 0 Å². The second-order valence-electron chi connectivity index (χ2n) is 4.32. The molecule has 16 heavy (non-hydrogen) atoms. The molecule has 0 amide bonds. The molecule has 1 aromatic rings. The van der Waals surface area contributed by atoms with Gasteiger partial charge in [0.05, 0.1) is 0 Å². The Balaban J connectivity index is 3.23. The van der Waals surface area contributed by atoms with Crippen LogP contribution in [0.25, 0.3) is 0 Å². The van der Waals surface area contributed by atoms with Crippen molar-refractivity contribution >= 4 is 0 Å². The number of nitrogens with two attached hydrogens (primary N) is 1. The van der Waals surface area contributed by atoms with Crippen molar-refractivity contribution in [1.82, 2.24) is 4.98 Å². The minimum Gasteiger partial charge on any atom is -0.330 e. The lowest BCUT2D eigenvalue weighted by Gasteiger charge is -2.27. The van der Waals surface area contributed by atoms with Crippen molar-refractivity contribution in [2.75, 3.05) is 6.54 Å². The van der Waals surface area contributed by atoms with Gasteiger partial charge in [0.15, 0.2) is 0 Å². The highest BCUT2D eigenvalue weighted by atomic mass is 19.4. The van der Waals surface area contributed by atoms with Gasteiger partial charge in [-0.3, -0.25) is 4.98 Å². The van der Waals surface area contributed by atoms with Crippen LogP contribution in [0.4, 0.5) is 13.2 Å². The molecule has 2 nitrogen and oxygen atoms in total. The molecule has 0 unspecified atom stereocenters. The van der Waals surface area contributed by atoms with Crippen molar-refractivity contribution in [2.24, 2.45) is 5.73 Å². The first kappa shape index (κ1) is 13.0. The number of hydrogen-bond donors (Lipinski definition) is 1. The van der Waals surface area contributed by atoms with Gasteiger partial charge < -0.3 is 5.73 Å². The minimum absolute atomic E-state index is 0.202. The van der Waals surface area contributed by atoms with Crippen LogP contribution < -0.4 is 5.73 Å². The average molecular weight is 232 g/mol. The topological polar surface area (TPSA) is 38.9 Å². The van der Waals surface area contributed by atoms with Crippen LogP contribution in [-0.2, 0) is 11.6 Å². The van der Waals surface area contributed by atoms with Gasteiger partial charge in [-0.2, -0.15) is 13.2 Å². The summed E-state index contributed by atoms with van der Waals surface area (Å²) in [6.07, 6.45) is -2.77. The second-order valence-corrected chi connectivity index (χ2v) is 4.32. The smallest absolute Gasteiger partial charge is 0.330 e. The standard InChI is InChI=1S/C11H15F3N2/c1-10(2,5-6-15)8-4-3-7-16-9(8)11(12,13)14/h3-4,7H,5-6,15H2,1-2H3. The van der Waals surface area contributed by atoms with Crippen LogP contribution in [0.1, 0.15) is 31.5 Å². The van der Waals surface area contributed by atoms with Gasteiger partial charge in [0.25, 0.3) is 0 Å². The monoisotopic (exact) mass is 232 g/mol. The molecular weight excluding hydrogens is 217 g/mol. The van der Waals surface area contributed by atoms with Crippen LogP contribution in [0, 0.1) is 0 Å². The first-order valence-corrected chi connectivity index (χ1v) is 5.02. The van der Waals surface area contributed by atoms with Gasteiger partial charge in [0, 0.05) is 6.20 Å². The molecule has 5 heteroatoms. The number of alkyl halides is 3. The summed E-state index contributed by atoms with van der Waals surface area (Å²) in [6.45, 7) is 3.83. The maximum atomic E-state index is 12.7. The molecule has 0 radical (unpaired) electrons. The quantitative estimate of drug-likeness (QED) is 0.870. The normalized spacial score (nSPS) is 12.9. The lowest BCUT2D eigenvalue weighted by Crippen LogP contribution is -2.26. The summed E-state index contributed by atoms with van der Waals surface area (Å²) in [7, 11) is 0. The summed E-state index contributed by atoms with van der Waals surface area (Å²) >= 11 is 0. The number of hydrogen-bond acceptors (Lipinski definition) is 2. The van der Waals surface area contributed by atoms with Crippen LogP contribution in [0.15, 0.2) is 18.3 Å². The Hall–Kier alpha value is -1.10. The molecule has 0 aliphatic rings. The van der Waals surface area contributed by atoms with Crippen LogP contribution in [0.5, 0.6) is 0 Å². The summed E-state index contributed by atoms with van der Waals surface area (Å²) in [5.74, 6) is 0. The van der Waals surface area contributed by atoms with Crippen molar-refractivity contribution in [3.63, 3.8) is 0 Å². The van der Waals surface area contributed by atoms with Gasteiger partial charge in [-0.1, -0.05) is 19.9 Å². The van der Waals surface area contributed by atoms with E-state index in [-0.39, 0.29) is 5.56 Å². The third-order valence-electron chi connectivity index (χ3n) is 2.57. The molecule has 1 rings (SSSR count). The Labute approximate surface area is 92.7 Å². The molecule has 2 N–H and O–H groups in total. The number of halogens is 3. The first-order valence-electron chi connectivity index (χ1n) is 5.02. The van der Waals surface area contributed by atoms with E-state index in [1.165, 1.54) is 12.1 Å². The summed E-state index contributed by atoms with van der Waals surface area (Å²) in [5, 5.41) is 0. The molecule has 0 saturated heterocycles. The van der Waals surface area contributed by atoms with E-state index in [9.17, 15) is 13.2 Å². The molecule has 0 aliphatic heterocycles. The predicted octanol–water partition coefficient (Wildman–Crippen LogP) is 2.73. The van der Waals surface area contributed by atoms with Crippen molar-refractivity contribution in [3.8, 4) is 0 Å². The molecule has 0 aliphatic carbocycles. The highest BCUT2D eigenvalue weighted by Gasteiger charge is 2.38. The lowest BCUT2D eigenvalue weighted by atomic mass is 9.80. The molecule has 1 aromatic heterocycles. The molecule has 1 heterocycles. The van der Waals surface area contributed by atoms with Gasteiger partial charge in [-0.15, -0.1) is 0 Å². The average Bonchev–Trinajstić information content (AvgIpc) is 2.16. The summed E-state index contributed by atoms with van der Waals surface area (Å²) in [5.41, 5.74) is 4.18. The lowest BCUT2D eigenvalue weighted by molar-refractivity contribution is -0.142. The molecular formula is C11H15F3N2. The number of rotatable bonds is 3. The summed E-state index contributed by atoms with van der Waals surface area (Å²) in [6, 6.07) is 2.98. The fourth-order valence-electron chi connectivity index (χ4n) is 1.67. The molecule has 0 fully saturated rings. The Kier molecular flexibility index (Phi) is 3.57. The van der Waals surface area contributed by atoms with Crippen molar-refractivity contribution in [1.29, 1.82) is 0 Å². The van der Waals surface area contributed by atoms with Crippen LogP contribution in [0.2, 0.25) is 0 Å². The van der Waals surface area contributed by atoms with Gasteiger partial charge >= 0.3 is 6.18 Å². The summed E-state index contributed by atoms with van der Waals surface area (Å²) in [4.78, 5) is 3.43. The van der Waals surface area contributed by atoms with E-state index in [4.69, 9.17) is 5.73 Å². The predicted molar refractivity (Wildman–Crippen MR) is 55.9 cm³/mol. The van der Waals surface area contributed by atoms with Crippen LogP contribution in [0.3, 0.4) is 0 Å². The van der Waals surface area contributed by atoms with Crippen LogP contribution in [-0.4, -0.2) is 11.5 Å². The van der Waals surface area contributed by atoms with E-state index in [0.29, 0.717) is 13.0 Å². The van der Waals surface area contributed by atoms with Gasteiger partial charge in [0.1, 0.15) is 5.69 Å². The molecule has 0 saturated carbocycles. The van der Waals surface area contributed by atoms with Crippen molar-refractivity contribution < 1.29 is 13.2 Å². The molecule has 90 valence electrons. The van der Waals surface area contributed by atoms with E-state index < -0.39 is 17.3 Å². The second kappa shape index (κ2) is 4.41. The van der Waals surface area contributed by atoms with E-state index in [1.54, 1.807) is 13.8 Å². The van der Waals surface area contributed by atoms with Gasteiger partial charge in [-0.25, -0.2) is 0 Å². The third-order valence-corrected chi connectivity index (χ3v) is 2.57.